The summed E-state index contributed by atoms with van der Waals surface area (Å²) in [5.74, 6) is 0.0945. The molecular formula is C22H39FN2O. The van der Waals surface area contributed by atoms with Crippen LogP contribution in [0.3, 0.4) is 0 Å². The fraction of sp³-hybridized carbons (Fsp3) is 0.727. The Kier molecular flexibility index (Phi) is 10.8. The number of phenolic OH excluding ortho intramolecular Hbond substituents is 1. The summed E-state index contributed by atoms with van der Waals surface area (Å²) < 4.78 is 13.1. The van der Waals surface area contributed by atoms with Crippen molar-refractivity contribution in [2.45, 2.75) is 90.6 Å². The third-order valence-corrected chi connectivity index (χ3v) is 5.22. The number of halogens is 1. The van der Waals surface area contributed by atoms with Crippen LogP contribution in [-0.4, -0.2) is 35.2 Å². The number of hydrogen-bond acceptors (Lipinski definition) is 3. The van der Waals surface area contributed by atoms with Gasteiger partial charge in [0.15, 0.2) is 0 Å². The van der Waals surface area contributed by atoms with Crippen LogP contribution in [-0.2, 0) is 0 Å². The molecule has 1 aromatic carbocycles. The van der Waals surface area contributed by atoms with Crippen LogP contribution in [0.4, 0.5) is 4.39 Å². The SMILES string of the molecule is CC.CCC.NC1CCC(N2CCC(c3ccc(F)cc3O)CC2)CC1. The first-order valence-corrected chi connectivity index (χ1v) is 10.5. The quantitative estimate of drug-likeness (QED) is 0.734. The predicted octanol–water partition coefficient (Wildman–Crippen LogP) is 5.42. The molecule has 1 saturated heterocycles. The summed E-state index contributed by atoms with van der Waals surface area (Å²) >= 11 is 0. The summed E-state index contributed by atoms with van der Waals surface area (Å²) in [7, 11) is 0. The molecule has 150 valence electrons. The maximum absolute atomic E-state index is 13.1. The van der Waals surface area contributed by atoms with Crippen LogP contribution in [0.2, 0.25) is 0 Å². The van der Waals surface area contributed by atoms with Crippen LogP contribution >= 0.6 is 0 Å². The molecule has 4 heteroatoms. The minimum absolute atomic E-state index is 0.108. The molecular weight excluding hydrogens is 327 g/mol. The van der Waals surface area contributed by atoms with Crippen LogP contribution in [0.25, 0.3) is 0 Å². The van der Waals surface area contributed by atoms with Crippen LogP contribution < -0.4 is 5.73 Å². The average Bonchev–Trinajstić information content (AvgIpc) is 2.65. The molecule has 0 spiro atoms. The summed E-state index contributed by atoms with van der Waals surface area (Å²) in [6.07, 6.45) is 8.05. The largest absolute Gasteiger partial charge is 0.508 e. The molecule has 1 aliphatic carbocycles. The first-order chi connectivity index (χ1) is 12.5. The number of nitrogens with two attached hydrogens (primary N) is 1. The van der Waals surface area contributed by atoms with E-state index in [1.807, 2.05) is 13.8 Å². The number of hydrogen-bond donors (Lipinski definition) is 2. The molecule has 3 N–H and O–H groups in total. The minimum atomic E-state index is -0.368. The van der Waals surface area contributed by atoms with Crippen LogP contribution in [0, 0.1) is 5.82 Å². The molecule has 0 atom stereocenters. The number of nitrogens with zero attached hydrogens (tertiary/aromatic N) is 1. The summed E-state index contributed by atoms with van der Waals surface area (Å²) in [6, 6.07) is 5.50. The van der Waals surface area contributed by atoms with Crippen LogP contribution in [0.15, 0.2) is 18.2 Å². The lowest BCUT2D eigenvalue weighted by Gasteiger charge is -2.40. The molecule has 1 aliphatic heterocycles. The maximum atomic E-state index is 13.1. The fourth-order valence-electron chi connectivity index (χ4n) is 3.90. The average molecular weight is 367 g/mol. The third-order valence-electron chi connectivity index (χ3n) is 5.22. The number of phenols is 1. The first kappa shape index (κ1) is 22.9. The highest BCUT2D eigenvalue weighted by molar-refractivity contribution is 5.35. The van der Waals surface area contributed by atoms with Crippen LogP contribution in [0.5, 0.6) is 5.75 Å². The fourth-order valence-corrected chi connectivity index (χ4v) is 3.90. The lowest BCUT2D eigenvalue weighted by molar-refractivity contribution is 0.117. The van der Waals surface area contributed by atoms with Crippen molar-refractivity contribution < 1.29 is 9.50 Å². The van der Waals surface area contributed by atoms with Gasteiger partial charge in [0.05, 0.1) is 0 Å². The van der Waals surface area contributed by atoms with Gasteiger partial charge in [-0.15, -0.1) is 0 Å². The molecule has 3 nitrogen and oxygen atoms in total. The number of likely N-dealkylation sites (tertiary alicyclic amines) is 1. The Morgan fingerprint density at radius 2 is 1.58 bits per heavy atom. The minimum Gasteiger partial charge on any atom is -0.508 e. The van der Waals surface area contributed by atoms with Crippen molar-refractivity contribution >= 4 is 0 Å². The van der Waals surface area contributed by atoms with Gasteiger partial charge < -0.3 is 15.7 Å². The maximum Gasteiger partial charge on any atom is 0.126 e. The standard InChI is InChI=1S/C17H25FN2O.C3H8.C2H6/c18-13-1-6-16(17(21)11-13)12-7-9-20(10-8-12)15-4-2-14(19)3-5-15;1-3-2;1-2/h1,6,11-12,14-15,21H,2-5,7-10,19H2;3H2,1-2H3;1-2H3. The summed E-state index contributed by atoms with van der Waals surface area (Å²) in [5, 5.41) is 9.92. The summed E-state index contributed by atoms with van der Waals surface area (Å²) in [5.41, 5.74) is 6.88. The number of benzene rings is 1. The molecule has 2 fully saturated rings. The van der Waals surface area contributed by atoms with Gasteiger partial charge in [-0.25, -0.2) is 4.39 Å². The topological polar surface area (TPSA) is 49.5 Å². The Hall–Kier alpha value is -1.13. The highest BCUT2D eigenvalue weighted by Gasteiger charge is 2.29. The Morgan fingerprint density at radius 3 is 2.08 bits per heavy atom. The van der Waals surface area contributed by atoms with Crippen molar-refractivity contribution in [1.82, 2.24) is 4.90 Å². The van der Waals surface area contributed by atoms with E-state index >= 15 is 0 Å². The van der Waals surface area contributed by atoms with Crippen molar-refractivity contribution in [3.05, 3.63) is 29.6 Å². The van der Waals surface area contributed by atoms with Crippen molar-refractivity contribution in [2.75, 3.05) is 13.1 Å². The zero-order valence-corrected chi connectivity index (χ0v) is 17.2. The van der Waals surface area contributed by atoms with Gasteiger partial charge in [-0.3, -0.25) is 0 Å². The summed E-state index contributed by atoms with van der Waals surface area (Å²) in [4.78, 5) is 2.59. The van der Waals surface area contributed by atoms with Crippen molar-refractivity contribution in [3.63, 3.8) is 0 Å². The zero-order chi connectivity index (χ0) is 19.5. The molecule has 0 aromatic heterocycles. The molecule has 1 saturated carbocycles. The number of rotatable bonds is 2. The molecule has 0 amide bonds. The zero-order valence-electron chi connectivity index (χ0n) is 17.2. The van der Waals surface area contributed by atoms with Gasteiger partial charge in [0.25, 0.3) is 0 Å². The van der Waals surface area contributed by atoms with Crippen molar-refractivity contribution in [2.24, 2.45) is 5.73 Å². The smallest absolute Gasteiger partial charge is 0.126 e. The molecule has 26 heavy (non-hydrogen) atoms. The Bertz CT molecular complexity index is 493. The highest BCUT2D eigenvalue weighted by Crippen LogP contribution is 2.35. The van der Waals surface area contributed by atoms with Gasteiger partial charge in [-0.2, -0.15) is 0 Å². The Balaban J connectivity index is 0.000000615. The van der Waals surface area contributed by atoms with Gasteiger partial charge in [-0.05, 0) is 69.2 Å². The van der Waals surface area contributed by atoms with E-state index in [1.54, 1.807) is 6.07 Å². The highest BCUT2D eigenvalue weighted by atomic mass is 19.1. The molecule has 0 unspecified atom stereocenters. The van der Waals surface area contributed by atoms with Crippen molar-refractivity contribution in [3.8, 4) is 5.75 Å². The second kappa shape index (κ2) is 12.3. The lowest BCUT2D eigenvalue weighted by atomic mass is 9.85. The van der Waals surface area contributed by atoms with Gasteiger partial charge >= 0.3 is 0 Å². The first-order valence-electron chi connectivity index (χ1n) is 10.5. The molecule has 0 radical (unpaired) electrons. The van der Waals surface area contributed by atoms with Gasteiger partial charge in [0, 0.05) is 18.2 Å². The molecule has 3 rings (SSSR count). The lowest BCUT2D eigenvalue weighted by Crippen LogP contribution is -2.44. The second-order valence-electron chi connectivity index (χ2n) is 7.29. The molecule has 1 aromatic rings. The monoisotopic (exact) mass is 366 g/mol. The van der Waals surface area contributed by atoms with E-state index in [4.69, 9.17) is 5.73 Å². The summed E-state index contributed by atoms with van der Waals surface area (Å²) in [6.45, 7) is 10.4. The molecule has 2 aliphatic rings. The molecule has 0 bridgehead atoms. The third kappa shape index (κ3) is 6.88. The van der Waals surface area contributed by atoms with E-state index in [1.165, 1.54) is 31.4 Å². The predicted molar refractivity (Wildman–Crippen MR) is 109 cm³/mol. The van der Waals surface area contributed by atoms with Gasteiger partial charge in [0.2, 0.25) is 0 Å². The van der Waals surface area contributed by atoms with E-state index in [0.29, 0.717) is 18.0 Å². The van der Waals surface area contributed by atoms with E-state index < -0.39 is 0 Å². The number of piperidine rings is 1. The number of aromatic hydroxyl groups is 1. The van der Waals surface area contributed by atoms with E-state index in [0.717, 1.165) is 44.3 Å². The Labute approximate surface area is 159 Å². The van der Waals surface area contributed by atoms with Gasteiger partial charge in [0.1, 0.15) is 11.6 Å². The van der Waals surface area contributed by atoms with Crippen LogP contribution in [0.1, 0.15) is 84.1 Å². The Morgan fingerprint density at radius 1 is 1.04 bits per heavy atom. The van der Waals surface area contributed by atoms with E-state index in [9.17, 15) is 9.50 Å². The van der Waals surface area contributed by atoms with Crippen molar-refractivity contribution in [1.29, 1.82) is 0 Å². The van der Waals surface area contributed by atoms with E-state index in [-0.39, 0.29) is 11.6 Å². The second-order valence-corrected chi connectivity index (χ2v) is 7.29. The normalized spacial score (nSPS) is 24.1. The van der Waals surface area contributed by atoms with E-state index in [2.05, 4.69) is 18.7 Å². The van der Waals surface area contributed by atoms with Gasteiger partial charge in [-0.1, -0.05) is 40.2 Å². The molecule has 1 heterocycles.